The van der Waals surface area contributed by atoms with Crippen LogP contribution in [0.25, 0.3) is 0 Å². The van der Waals surface area contributed by atoms with Crippen molar-refractivity contribution in [1.82, 2.24) is 15.2 Å². The number of ether oxygens (including phenoxy) is 1. The lowest BCUT2D eigenvalue weighted by atomic mass is 9.70. The predicted molar refractivity (Wildman–Crippen MR) is 139 cm³/mol. The number of aliphatic hydroxyl groups excluding tert-OH is 1. The zero-order valence-corrected chi connectivity index (χ0v) is 21.9. The van der Waals surface area contributed by atoms with E-state index in [1.54, 1.807) is 0 Å². The number of aryl methyl sites for hydroxylation is 2. The molecule has 1 atom stereocenters. The van der Waals surface area contributed by atoms with Crippen LogP contribution in [0.2, 0.25) is 0 Å². The topological polar surface area (TPSA) is 100 Å². The van der Waals surface area contributed by atoms with Crippen LogP contribution in [0.5, 0.6) is 5.75 Å². The molecular weight excluding hydrogens is 440 g/mol. The number of anilines is 1. The van der Waals surface area contributed by atoms with Gasteiger partial charge in [-0.25, -0.2) is 5.10 Å². The average molecular weight is 479 g/mol. The lowest BCUT2D eigenvalue weighted by Crippen LogP contribution is -2.32. The standard InChI is InChI=1S/C28H38N4O3/c1-8-28(9-2,21-11-13-23(19(4)15-21)35-16-24(33)27(5,6)7)20-10-12-22(18(3)14-20)25(34)31-26-29-17-30-32-26/h10-15,17,24,33H,8-9,16H2,1-7H3,(H2,29,30,31,32,34). The lowest BCUT2D eigenvalue weighted by Gasteiger charge is -2.34. The highest BCUT2D eigenvalue weighted by molar-refractivity contribution is 6.04. The van der Waals surface area contributed by atoms with Crippen LogP contribution in [0.4, 0.5) is 5.95 Å². The molecular formula is C28H38N4O3. The Hall–Kier alpha value is -3.19. The average Bonchev–Trinajstić information content (AvgIpc) is 3.32. The molecule has 1 unspecified atom stereocenters. The molecule has 3 N–H and O–H groups in total. The Kier molecular flexibility index (Phi) is 8.00. The van der Waals surface area contributed by atoms with E-state index in [0.29, 0.717) is 11.5 Å². The summed E-state index contributed by atoms with van der Waals surface area (Å²) in [5.41, 5.74) is 4.49. The molecule has 2 aromatic carbocycles. The van der Waals surface area contributed by atoms with Crippen molar-refractivity contribution in [1.29, 1.82) is 0 Å². The number of hydrogen-bond donors (Lipinski definition) is 3. The molecule has 1 aromatic heterocycles. The third-order valence-corrected chi connectivity index (χ3v) is 7.00. The Labute approximate surface area is 208 Å². The van der Waals surface area contributed by atoms with Gasteiger partial charge in [0.2, 0.25) is 5.95 Å². The second-order valence-corrected chi connectivity index (χ2v) is 10.3. The molecule has 1 amide bonds. The fourth-order valence-electron chi connectivity index (χ4n) is 4.42. The van der Waals surface area contributed by atoms with Gasteiger partial charge in [-0.1, -0.05) is 58.9 Å². The van der Waals surface area contributed by atoms with E-state index in [9.17, 15) is 9.90 Å². The molecule has 0 bridgehead atoms. The van der Waals surface area contributed by atoms with E-state index in [1.165, 1.54) is 17.5 Å². The summed E-state index contributed by atoms with van der Waals surface area (Å²) in [5.74, 6) is 0.885. The first-order chi connectivity index (χ1) is 16.5. The lowest BCUT2D eigenvalue weighted by molar-refractivity contribution is 0.0216. The summed E-state index contributed by atoms with van der Waals surface area (Å²) < 4.78 is 5.96. The van der Waals surface area contributed by atoms with E-state index in [0.717, 1.165) is 29.7 Å². The molecule has 0 aliphatic carbocycles. The van der Waals surface area contributed by atoms with Gasteiger partial charge < -0.3 is 9.84 Å². The second kappa shape index (κ2) is 10.6. The number of aliphatic hydroxyl groups is 1. The predicted octanol–water partition coefficient (Wildman–Crippen LogP) is 5.57. The van der Waals surface area contributed by atoms with E-state index in [4.69, 9.17) is 4.74 Å². The Bertz CT molecular complexity index is 1150. The minimum absolute atomic E-state index is 0.196. The molecule has 0 aliphatic heterocycles. The summed E-state index contributed by atoms with van der Waals surface area (Å²) in [7, 11) is 0. The molecule has 0 saturated heterocycles. The molecule has 188 valence electrons. The second-order valence-electron chi connectivity index (χ2n) is 10.3. The largest absolute Gasteiger partial charge is 0.491 e. The van der Waals surface area contributed by atoms with Crippen LogP contribution >= 0.6 is 0 Å². The first-order valence-corrected chi connectivity index (χ1v) is 12.2. The summed E-state index contributed by atoms with van der Waals surface area (Å²) >= 11 is 0. The zero-order chi connectivity index (χ0) is 25.8. The molecule has 0 spiro atoms. The maximum absolute atomic E-state index is 12.7. The number of amides is 1. The van der Waals surface area contributed by atoms with E-state index in [1.807, 2.05) is 46.8 Å². The van der Waals surface area contributed by atoms with Gasteiger partial charge in [0, 0.05) is 11.0 Å². The molecule has 7 nitrogen and oxygen atoms in total. The summed E-state index contributed by atoms with van der Waals surface area (Å²) in [6.45, 7) is 14.6. The number of carbonyl (C=O) groups is 1. The van der Waals surface area contributed by atoms with Crippen LogP contribution in [-0.4, -0.2) is 38.9 Å². The molecule has 1 heterocycles. The molecule has 3 aromatic rings. The number of aromatic nitrogens is 3. The minimum atomic E-state index is -0.547. The number of benzene rings is 2. The van der Waals surface area contributed by atoms with Crippen molar-refractivity contribution in [2.75, 3.05) is 11.9 Å². The van der Waals surface area contributed by atoms with Gasteiger partial charge in [-0.15, -0.1) is 0 Å². The van der Waals surface area contributed by atoms with E-state index in [-0.39, 0.29) is 23.3 Å². The summed E-state index contributed by atoms with van der Waals surface area (Å²) in [6, 6.07) is 12.4. The van der Waals surface area contributed by atoms with Crippen molar-refractivity contribution in [2.45, 2.75) is 72.8 Å². The third-order valence-electron chi connectivity index (χ3n) is 7.00. The van der Waals surface area contributed by atoms with Gasteiger partial charge in [0.05, 0.1) is 6.10 Å². The van der Waals surface area contributed by atoms with Gasteiger partial charge in [-0.2, -0.15) is 10.1 Å². The van der Waals surface area contributed by atoms with Crippen LogP contribution in [0.15, 0.2) is 42.7 Å². The number of carbonyl (C=O) groups excluding carboxylic acids is 1. The van der Waals surface area contributed by atoms with Gasteiger partial charge in [-0.05, 0) is 66.5 Å². The summed E-state index contributed by atoms with van der Waals surface area (Å²) in [5, 5.41) is 19.5. The van der Waals surface area contributed by atoms with Crippen molar-refractivity contribution in [3.05, 3.63) is 70.5 Å². The van der Waals surface area contributed by atoms with E-state index in [2.05, 4.69) is 58.6 Å². The van der Waals surface area contributed by atoms with Crippen LogP contribution in [-0.2, 0) is 5.41 Å². The maximum Gasteiger partial charge on any atom is 0.258 e. The van der Waals surface area contributed by atoms with Crippen molar-refractivity contribution in [3.8, 4) is 5.75 Å². The van der Waals surface area contributed by atoms with Crippen LogP contribution < -0.4 is 10.1 Å². The van der Waals surface area contributed by atoms with Crippen molar-refractivity contribution < 1.29 is 14.6 Å². The number of aromatic amines is 1. The fraction of sp³-hybridized carbons (Fsp3) is 0.464. The Morgan fingerprint density at radius 2 is 1.69 bits per heavy atom. The first kappa shape index (κ1) is 26.4. The molecule has 0 radical (unpaired) electrons. The Morgan fingerprint density at radius 1 is 1.06 bits per heavy atom. The van der Waals surface area contributed by atoms with E-state index < -0.39 is 6.10 Å². The van der Waals surface area contributed by atoms with Gasteiger partial charge in [-0.3, -0.25) is 10.1 Å². The van der Waals surface area contributed by atoms with Gasteiger partial charge in [0.25, 0.3) is 5.91 Å². The molecule has 0 fully saturated rings. The Morgan fingerprint density at radius 3 is 2.20 bits per heavy atom. The molecule has 35 heavy (non-hydrogen) atoms. The van der Waals surface area contributed by atoms with Crippen molar-refractivity contribution >= 4 is 11.9 Å². The molecule has 0 aliphatic rings. The van der Waals surface area contributed by atoms with Crippen LogP contribution in [0.1, 0.15) is 80.1 Å². The third kappa shape index (κ3) is 5.73. The van der Waals surface area contributed by atoms with E-state index >= 15 is 0 Å². The quantitative estimate of drug-likeness (QED) is 0.374. The summed E-state index contributed by atoms with van der Waals surface area (Å²) in [4.78, 5) is 16.7. The smallest absolute Gasteiger partial charge is 0.258 e. The van der Waals surface area contributed by atoms with Crippen molar-refractivity contribution in [3.63, 3.8) is 0 Å². The Balaban J connectivity index is 1.88. The monoisotopic (exact) mass is 478 g/mol. The molecule has 7 heteroatoms. The number of rotatable bonds is 9. The highest BCUT2D eigenvalue weighted by Crippen LogP contribution is 2.41. The summed E-state index contributed by atoms with van der Waals surface area (Å²) in [6.07, 6.45) is 2.63. The SMILES string of the molecule is CCC(CC)(c1ccc(OCC(O)C(C)(C)C)c(C)c1)c1ccc(C(=O)Nc2ncn[nH]2)c(C)c1. The van der Waals surface area contributed by atoms with Crippen LogP contribution in [0.3, 0.4) is 0 Å². The molecule has 3 rings (SSSR count). The number of nitrogens with one attached hydrogen (secondary N) is 2. The molecule has 0 saturated carbocycles. The normalized spacial score (nSPS) is 12.9. The van der Waals surface area contributed by atoms with Crippen molar-refractivity contribution in [2.24, 2.45) is 5.41 Å². The first-order valence-electron chi connectivity index (χ1n) is 12.2. The zero-order valence-electron chi connectivity index (χ0n) is 21.9. The van der Waals surface area contributed by atoms with Gasteiger partial charge in [0.1, 0.15) is 18.7 Å². The highest BCUT2D eigenvalue weighted by atomic mass is 16.5. The number of nitrogens with zero attached hydrogens (tertiary/aromatic N) is 2. The maximum atomic E-state index is 12.7. The van der Waals surface area contributed by atoms with Gasteiger partial charge in [0.15, 0.2) is 0 Å². The van der Waals surface area contributed by atoms with Crippen LogP contribution in [0, 0.1) is 19.3 Å². The number of hydrogen-bond acceptors (Lipinski definition) is 5. The number of H-pyrrole nitrogens is 1. The minimum Gasteiger partial charge on any atom is -0.491 e. The van der Waals surface area contributed by atoms with Gasteiger partial charge >= 0.3 is 0 Å². The highest BCUT2D eigenvalue weighted by Gasteiger charge is 2.32. The fourth-order valence-corrected chi connectivity index (χ4v) is 4.42.